The van der Waals surface area contributed by atoms with Crippen molar-refractivity contribution in [1.29, 1.82) is 5.26 Å². The Labute approximate surface area is 168 Å². The summed E-state index contributed by atoms with van der Waals surface area (Å²) in [5.74, 6) is 1.31. The molecule has 0 spiro atoms. The topological polar surface area (TPSA) is 108 Å². The Hall–Kier alpha value is -3.03. The maximum absolute atomic E-state index is 13.0. The second kappa shape index (κ2) is 6.50. The largest absolute Gasteiger partial charge is 0.354 e. The molecular formula is C19H19N7O2S. The van der Waals surface area contributed by atoms with Gasteiger partial charge in [0.1, 0.15) is 6.33 Å². The summed E-state index contributed by atoms with van der Waals surface area (Å²) in [7, 11) is -1.66. The molecule has 0 amide bonds. The summed E-state index contributed by atoms with van der Waals surface area (Å²) in [6.45, 7) is 2.46. The third-order valence-electron chi connectivity index (χ3n) is 5.85. The first-order valence-corrected chi connectivity index (χ1v) is 10.8. The molecule has 29 heavy (non-hydrogen) atoms. The highest BCUT2D eigenvalue weighted by molar-refractivity contribution is 7.89. The van der Waals surface area contributed by atoms with Gasteiger partial charge < -0.3 is 9.47 Å². The molecule has 5 rings (SSSR count). The molecule has 0 saturated carbocycles. The van der Waals surface area contributed by atoms with E-state index in [9.17, 15) is 8.42 Å². The van der Waals surface area contributed by atoms with E-state index in [0.717, 1.165) is 30.1 Å². The average molecular weight is 409 g/mol. The number of anilines is 1. The quantitative estimate of drug-likeness (QED) is 0.635. The van der Waals surface area contributed by atoms with E-state index in [1.807, 2.05) is 17.7 Å². The molecule has 0 bridgehead atoms. The highest BCUT2D eigenvalue weighted by Gasteiger charge is 2.45. The van der Waals surface area contributed by atoms with Crippen molar-refractivity contribution in [1.82, 2.24) is 23.8 Å². The van der Waals surface area contributed by atoms with Crippen molar-refractivity contribution in [3.05, 3.63) is 42.5 Å². The Balaban J connectivity index is 1.35. The van der Waals surface area contributed by atoms with Gasteiger partial charge in [-0.05, 0) is 36.1 Å². The first-order valence-electron chi connectivity index (χ1n) is 9.34. The molecule has 0 N–H and O–H groups in total. The molecule has 2 atom stereocenters. The van der Waals surface area contributed by atoms with Crippen LogP contribution in [-0.2, 0) is 17.1 Å². The number of hydrogen-bond acceptors (Lipinski definition) is 7. The van der Waals surface area contributed by atoms with Gasteiger partial charge in [0.15, 0.2) is 17.0 Å². The van der Waals surface area contributed by atoms with E-state index in [1.54, 1.807) is 29.1 Å². The number of aromatic nitrogens is 4. The summed E-state index contributed by atoms with van der Waals surface area (Å²) in [5, 5.41) is 8.91. The fourth-order valence-electron chi connectivity index (χ4n) is 4.33. The van der Waals surface area contributed by atoms with Crippen LogP contribution in [0.15, 0.2) is 41.8 Å². The lowest BCUT2D eigenvalue weighted by Crippen LogP contribution is -2.33. The molecule has 2 saturated heterocycles. The number of nitrogens with zero attached hydrogens (tertiary/aromatic N) is 7. The second-order valence-electron chi connectivity index (χ2n) is 7.61. The van der Waals surface area contributed by atoms with Crippen LogP contribution in [0.3, 0.4) is 0 Å². The van der Waals surface area contributed by atoms with E-state index >= 15 is 0 Å². The number of fused-ring (bicyclic) bond motifs is 2. The smallest absolute Gasteiger partial charge is 0.243 e. The minimum Gasteiger partial charge on any atom is -0.354 e. The van der Waals surface area contributed by atoms with Crippen molar-refractivity contribution in [3.8, 4) is 6.07 Å². The predicted octanol–water partition coefficient (Wildman–Crippen LogP) is 0.992. The Morgan fingerprint density at radius 1 is 1.03 bits per heavy atom. The van der Waals surface area contributed by atoms with Gasteiger partial charge in [-0.15, -0.1) is 0 Å². The van der Waals surface area contributed by atoms with E-state index in [2.05, 4.69) is 19.9 Å². The molecule has 0 radical (unpaired) electrons. The van der Waals surface area contributed by atoms with Crippen LogP contribution in [0.5, 0.6) is 0 Å². The summed E-state index contributed by atoms with van der Waals surface area (Å²) in [5.41, 5.74) is 2.01. The number of benzene rings is 1. The fraction of sp³-hybridized carbons (Fsp3) is 0.368. The van der Waals surface area contributed by atoms with Crippen molar-refractivity contribution in [2.45, 2.75) is 4.90 Å². The Morgan fingerprint density at radius 3 is 2.38 bits per heavy atom. The first kappa shape index (κ1) is 18.0. The SMILES string of the molecule is Cn1cnc2c(N3CC4CN(S(=O)(=O)c5ccc(C#N)cc5)CC4C3)ncnc21. The summed E-state index contributed by atoms with van der Waals surface area (Å²) in [6.07, 6.45) is 3.28. The standard InChI is InChI=1S/C19H19N7O2S/c1-24-12-23-17-18(24)21-11-22-19(17)25-7-14-9-26(10-15(14)8-25)29(27,28)16-4-2-13(6-20)3-5-16/h2-5,11-12,14-15H,7-10H2,1H3. The van der Waals surface area contributed by atoms with Crippen LogP contribution in [-0.4, -0.2) is 58.4 Å². The lowest BCUT2D eigenvalue weighted by Gasteiger charge is -2.22. The lowest BCUT2D eigenvalue weighted by atomic mass is 10.0. The third-order valence-corrected chi connectivity index (χ3v) is 7.70. The van der Waals surface area contributed by atoms with Gasteiger partial charge in [0.25, 0.3) is 0 Å². The van der Waals surface area contributed by atoms with Gasteiger partial charge >= 0.3 is 0 Å². The molecule has 2 aliphatic rings. The molecule has 1 aromatic carbocycles. The van der Waals surface area contributed by atoms with Crippen molar-refractivity contribution >= 4 is 27.0 Å². The van der Waals surface area contributed by atoms with Crippen LogP contribution >= 0.6 is 0 Å². The second-order valence-corrected chi connectivity index (χ2v) is 9.55. The van der Waals surface area contributed by atoms with E-state index in [0.29, 0.717) is 18.7 Å². The van der Waals surface area contributed by atoms with Gasteiger partial charge in [0.05, 0.1) is 22.9 Å². The fourth-order valence-corrected chi connectivity index (χ4v) is 5.89. The van der Waals surface area contributed by atoms with Crippen molar-refractivity contribution in [2.24, 2.45) is 18.9 Å². The minimum absolute atomic E-state index is 0.235. The average Bonchev–Trinajstić information content (AvgIpc) is 3.41. The maximum atomic E-state index is 13.0. The maximum Gasteiger partial charge on any atom is 0.243 e. The molecule has 2 unspecified atom stereocenters. The molecule has 2 aromatic heterocycles. The Morgan fingerprint density at radius 2 is 1.72 bits per heavy atom. The minimum atomic E-state index is -3.56. The number of rotatable bonds is 3. The highest BCUT2D eigenvalue weighted by Crippen LogP contribution is 2.37. The third kappa shape index (κ3) is 2.85. The summed E-state index contributed by atoms with van der Waals surface area (Å²) < 4.78 is 29.4. The number of aryl methyl sites for hydroxylation is 1. The molecule has 0 aliphatic carbocycles. The van der Waals surface area contributed by atoms with Gasteiger partial charge in [-0.2, -0.15) is 9.57 Å². The molecule has 3 aromatic rings. The molecule has 9 nitrogen and oxygen atoms in total. The van der Waals surface area contributed by atoms with Crippen molar-refractivity contribution in [2.75, 3.05) is 31.1 Å². The zero-order valence-corrected chi connectivity index (χ0v) is 16.6. The van der Waals surface area contributed by atoms with E-state index in [-0.39, 0.29) is 16.7 Å². The molecule has 4 heterocycles. The van der Waals surface area contributed by atoms with E-state index in [4.69, 9.17) is 5.26 Å². The summed E-state index contributed by atoms with van der Waals surface area (Å²) in [4.78, 5) is 15.6. The molecule has 2 fully saturated rings. The van der Waals surface area contributed by atoms with Crippen LogP contribution in [0.25, 0.3) is 11.2 Å². The zero-order valence-electron chi connectivity index (χ0n) is 15.8. The number of nitriles is 1. The number of hydrogen-bond donors (Lipinski definition) is 0. The first-order chi connectivity index (χ1) is 14.0. The zero-order chi connectivity index (χ0) is 20.2. The van der Waals surface area contributed by atoms with Crippen LogP contribution < -0.4 is 4.90 Å². The van der Waals surface area contributed by atoms with Gasteiger partial charge in [-0.1, -0.05) is 0 Å². The summed E-state index contributed by atoms with van der Waals surface area (Å²) in [6, 6.07) is 8.11. The van der Waals surface area contributed by atoms with E-state index in [1.165, 1.54) is 12.1 Å². The monoisotopic (exact) mass is 409 g/mol. The van der Waals surface area contributed by atoms with Gasteiger partial charge in [-0.3, -0.25) is 0 Å². The Bertz CT molecular complexity index is 1220. The van der Waals surface area contributed by atoms with Crippen molar-refractivity contribution in [3.63, 3.8) is 0 Å². The molecule has 10 heteroatoms. The lowest BCUT2D eigenvalue weighted by molar-refractivity contribution is 0.453. The van der Waals surface area contributed by atoms with Gasteiger partial charge in [0, 0.05) is 33.2 Å². The molecule has 148 valence electrons. The molecule has 2 aliphatic heterocycles. The van der Waals surface area contributed by atoms with E-state index < -0.39 is 10.0 Å². The van der Waals surface area contributed by atoms with Crippen LogP contribution in [0.1, 0.15) is 5.56 Å². The van der Waals surface area contributed by atoms with Gasteiger partial charge in [0.2, 0.25) is 10.0 Å². The van der Waals surface area contributed by atoms with Crippen LogP contribution in [0.2, 0.25) is 0 Å². The molecular weight excluding hydrogens is 390 g/mol. The number of imidazole rings is 1. The van der Waals surface area contributed by atoms with Crippen LogP contribution in [0, 0.1) is 23.2 Å². The number of sulfonamides is 1. The predicted molar refractivity (Wildman–Crippen MR) is 105 cm³/mol. The summed E-state index contributed by atoms with van der Waals surface area (Å²) >= 11 is 0. The van der Waals surface area contributed by atoms with Crippen LogP contribution in [0.4, 0.5) is 5.82 Å². The normalized spacial score (nSPS) is 22.1. The highest BCUT2D eigenvalue weighted by atomic mass is 32.2. The van der Waals surface area contributed by atoms with Crippen molar-refractivity contribution < 1.29 is 8.42 Å². The Kier molecular flexibility index (Phi) is 4.04. The van der Waals surface area contributed by atoms with Gasteiger partial charge in [-0.25, -0.2) is 23.4 Å².